The Morgan fingerprint density at radius 2 is 2.19 bits per heavy atom. The van der Waals surface area contributed by atoms with E-state index in [0.29, 0.717) is 11.2 Å². The third-order valence-electron chi connectivity index (χ3n) is 2.47. The summed E-state index contributed by atoms with van der Waals surface area (Å²) in [6, 6.07) is 7.38. The van der Waals surface area contributed by atoms with E-state index < -0.39 is 0 Å². The summed E-state index contributed by atoms with van der Waals surface area (Å²) in [6.07, 6.45) is 2.01. The van der Waals surface area contributed by atoms with Crippen molar-refractivity contribution in [2.75, 3.05) is 0 Å². The van der Waals surface area contributed by atoms with E-state index >= 15 is 0 Å². The van der Waals surface area contributed by atoms with Gasteiger partial charge in [-0.2, -0.15) is 0 Å². The molecule has 1 N–H and O–H groups in total. The van der Waals surface area contributed by atoms with Gasteiger partial charge in [-0.3, -0.25) is 4.79 Å². The molecule has 1 atom stereocenters. The lowest BCUT2D eigenvalue weighted by Gasteiger charge is -2.08. The minimum atomic E-state index is -0.0684. The van der Waals surface area contributed by atoms with Crippen LogP contribution in [0.25, 0.3) is 10.9 Å². The monoisotopic (exact) mass is 280 g/mol. The molecule has 3 nitrogen and oxygen atoms in total. The molecule has 0 spiro atoms. The average molecular weight is 281 g/mol. The van der Waals surface area contributed by atoms with E-state index in [1.54, 1.807) is 6.07 Å². The molecule has 1 aromatic heterocycles. The second-order valence-electron chi connectivity index (χ2n) is 3.72. The molecule has 0 aliphatic rings. The van der Waals surface area contributed by atoms with Crippen LogP contribution in [0.2, 0.25) is 0 Å². The topological polar surface area (TPSA) is 45.8 Å². The van der Waals surface area contributed by atoms with Crippen LogP contribution in [0.15, 0.2) is 29.1 Å². The summed E-state index contributed by atoms with van der Waals surface area (Å²) in [7, 11) is 0. The predicted octanol–water partition coefficient (Wildman–Crippen LogP) is 3.16. The Balaban J connectivity index is 2.54. The first-order valence-electron chi connectivity index (χ1n) is 5.35. The molecule has 0 aliphatic carbocycles. The fourth-order valence-corrected chi connectivity index (χ4v) is 2.32. The highest BCUT2D eigenvalue weighted by atomic mass is 79.9. The maximum atomic E-state index is 11.8. The smallest absolute Gasteiger partial charge is 0.258 e. The molecule has 0 saturated heterocycles. The molecule has 2 aromatic rings. The lowest BCUT2D eigenvalue weighted by molar-refractivity contribution is 0.747. The molecule has 0 saturated carbocycles. The van der Waals surface area contributed by atoms with Crippen LogP contribution < -0.4 is 5.56 Å². The van der Waals surface area contributed by atoms with Crippen molar-refractivity contribution in [3.05, 3.63) is 40.4 Å². The van der Waals surface area contributed by atoms with Crippen LogP contribution in [0.5, 0.6) is 0 Å². The van der Waals surface area contributed by atoms with Crippen LogP contribution in [-0.2, 0) is 0 Å². The third kappa shape index (κ3) is 2.16. The Morgan fingerprint density at radius 3 is 2.94 bits per heavy atom. The van der Waals surface area contributed by atoms with Gasteiger partial charge in [-0.15, -0.1) is 0 Å². The van der Waals surface area contributed by atoms with E-state index in [2.05, 4.69) is 32.8 Å². The van der Waals surface area contributed by atoms with Gasteiger partial charge in [0.1, 0.15) is 5.82 Å². The lowest BCUT2D eigenvalue weighted by Crippen LogP contribution is -2.12. The number of para-hydroxylation sites is 1. The number of fused-ring (bicyclic) bond motifs is 1. The van der Waals surface area contributed by atoms with Gasteiger partial charge >= 0.3 is 0 Å². The second kappa shape index (κ2) is 4.78. The standard InChI is InChI=1S/C12H13BrN2O/c1-2-5-9(13)11-14-10-7-4-3-6-8(10)12(16)15-11/h3-4,6-7,9H,2,5H2,1H3,(H,14,15,16). The molecule has 1 aromatic carbocycles. The van der Waals surface area contributed by atoms with Crippen LogP contribution in [-0.4, -0.2) is 9.97 Å². The van der Waals surface area contributed by atoms with Crippen LogP contribution in [0.1, 0.15) is 30.4 Å². The van der Waals surface area contributed by atoms with Crippen molar-refractivity contribution in [2.24, 2.45) is 0 Å². The number of hydrogen-bond donors (Lipinski definition) is 1. The summed E-state index contributed by atoms with van der Waals surface area (Å²) in [5.41, 5.74) is 0.683. The molecule has 2 rings (SSSR count). The van der Waals surface area contributed by atoms with Crippen LogP contribution in [0.4, 0.5) is 0 Å². The number of H-pyrrole nitrogens is 1. The number of alkyl halides is 1. The van der Waals surface area contributed by atoms with Crippen molar-refractivity contribution < 1.29 is 0 Å². The molecular formula is C12H13BrN2O. The number of rotatable bonds is 3. The van der Waals surface area contributed by atoms with Gasteiger partial charge in [0.05, 0.1) is 15.7 Å². The summed E-state index contributed by atoms with van der Waals surface area (Å²) in [5.74, 6) is 0.713. The van der Waals surface area contributed by atoms with Gasteiger partial charge in [-0.25, -0.2) is 4.98 Å². The van der Waals surface area contributed by atoms with Crippen molar-refractivity contribution in [3.63, 3.8) is 0 Å². The number of nitrogens with zero attached hydrogens (tertiary/aromatic N) is 1. The van der Waals surface area contributed by atoms with E-state index in [0.717, 1.165) is 18.4 Å². The summed E-state index contributed by atoms with van der Waals surface area (Å²) < 4.78 is 0. The number of nitrogens with one attached hydrogen (secondary N) is 1. The second-order valence-corrected chi connectivity index (χ2v) is 4.83. The Hall–Kier alpha value is -1.16. The van der Waals surface area contributed by atoms with Crippen molar-refractivity contribution in [2.45, 2.75) is 24.6 Å². The van der Waals surface area contributed by atoms with Gasteiger partial charge in [-0.05, 0) is 18.6 Å². The summed E-state index contributed by atoms with van der Waals surface area (Å²) >= 11 is 3.53. The van der Waals surface area contributed by atoms with E-state index in [1.807, 2.05) is 18.2 Å². The van der Waals surface area contributed by atoms with Crippen LogP contribution in [0, 0.1) is 0 Å². The van der Waals surface area contributed by atoms with Gasteiger partial charge in [0.2, 0.25) is 0 Å². The first kappa shape index (κ1) is 11.3. The van der Waals surface area contributed by atoms with E-state index in [1.165, 1.54) is 0 Å². The SMILES string of the molecule is CCCC(Br)c1nc2ccccc2c(=O)[nH]1. The highest BCUT2D eigenvalue weighted by Gasteiger charge is 2.10. The van der Waals surface area contributed by atoms with Gasteiger partial charge < -0.3 is 4.98 Å². The molecule has 0 fully saturated rings. The number of aromatic amines is 1. The Morgan fingerprint density at radius 1 is 1.44 bits per heavy atom. The molecule has 1 heterocycles. The molecular weight excluding hydrogens is 268 g/mol. The lowest BCUT2D eigenvalue weighted by atomic mass is 10.2. The van der Waals surface area contributed by atoms with Gasteiger partial charge in [0.15, 0.2) is 0 Å². The number of aromatic nitrogens is 2. The fourth-order valence-electron chi connectivity index (χ4n) is 1.64. The summed E-state index contributed by atoms with van der Waals surface area (Å²) in [4.78, 5) is 19.2. The Bertz CT molecular complexity index is 550. The molecule has 0 bridgehead atoms. The number of halogens is 1. The zero-order chi connectivity index (χ0) is 11.5. The van der Waals surface area contributed by atoms with Crippen molar-refractivity contribution in [1.29, 1.82) is 0 Å². The first-order chi connectivity index (χ1) is 7.72. The molecule has 0 radical (unpaired) electrons. The van der Waals surface area contributed by atoms with Gasteiger partial charge in [-0.1, -0.05) is 41.4 Å². The molecule has 4 heteroatoms. The van der Waals surface area contributed by atoms with E-state index in [-0.39, 0.29) is 10.4 Å². The van der Waals surface area contributed by atoms with E-state index in [9.17, 15) is 4.79 Å². The maximum absolute atomic E-state index is 11.8. The number of benzene rings is 1. The normalized spacial score (nSPS) is 12.9. The first-order valence-corrected chi connectivity index (χ1v) is 6.27. The minimum Gasteiger partial charge on any atom is -0.309 e. The Kier molecular flexibility index (Phi) is 3.39. The van der Waals surface area contributed by atoms with Gasteiger partial charge in [0, 0.05) is 0 Å². The minimum absolute atomic E-state index is 0.0684. The molecule has 0 aliphatic heterocycles. The van der Waals surface area contributed by atoms with Gasteiger partial charge in [0.25, 0.3) is 5.56 Å². The predicted molar refractivity (Wildman–Crippen MR) is 68.9 cm³/mol. The third-order valence-corrected chi connectivity index (χ3v) is 3.36. The molecule has 84 valence electrons. The van der Waals surface area contributed by atoms with Crippen molar-refractivity contribution >= 4 is 26.8 Å². The van der Waals surface area contributed by atoms with E-state index in [4.69, 9.17) is 0 Å². The van der Waals surface area contributed by atoms with Crippen LogP contribution >= 0.6 is 15.9 Å². The largest absolute Gasteiger partial charge is 0.309 e. The van der Waals surface area contributed by atoms with Crippen molar-refractivity contribution in [1.82, 2.24) is 9.97 Å². The highest BCUT2D eigenvalue weighted by Crippen LogP contribution is 2.24. The maximum Gasteiger partial charge on any atom is 0.258 e. The van der Waals surface area contributed by atoms with Crippen LogP contribution in [0.3, 0.4) is 0 Å². The summed E-state index contributed by atoms with van der Waals surface area (Å²) in [6.45, 7) is 2.10. The Labute approximate surface area is 102 Å². The zero-order valence-electron chi connectivity index (χ0n) is 9.03. The fraction of sp³-hybridized carbons (Fsp3) is 0.333. The molecule has 0 amide bonds. The quantitative estimate of drug-likeness (QED) is 0.878. The highest BCUT2D eigenvalue weighted by molar-refractivity contribution is 9.09. The molecule has 16 heavy (non-hydrogen) atoms. The summed E-state index contributed by atoms with van der Waals surface area (Å²) in [5, 5.41) is 0.641. The average Bonchev–Trinajstić information content (AvgIpc) is 2.29. The number of hydrogen-bond acceptors (Lipinski definition) is 2. The zero-order valence-corrected chi connectivity index (χ0v) is 10.6. The van der Waals surface area contributed by atoms with Crippen molar-refractivity contribution in [3.8, 4) is 0 Å². The molecule has 1 unspecified atom stereocenters.